The Morgan fingerprint density at radius 3 is 2.42 bits per heavy atom. The van der Waals surface area contributed by atoms with Gasteiger partial charge in [0.05, 0.1) is 24.0 Å². The lowest BCUT2D eigenvalue weighted by molar-refractivity contribution is -0.122. The van der Waals surface area contributed by atoms with Gasteiger partial charge >= 0.3 is 0 Å². The molecule has 188 valence electrons. The van der Waals surface area contributed by atoms with E-state index in [-0.39, 0.29) is 28.9 Å². The van der Waals surface area contributed by atoms with Gasteiger partial charge in [0.15, 0.2) is 0 Å². The summed E-state index contributed by atoms with van der Waals surface area (Å²) in [6.07, 6.45) is 3.87. The van der Waals surface area contributed by atoms with Crippen LogP contribution in [-0.4, -0.2) is 67.8 Å². The molecule has 2 aromatic heterocycles. The minimum Gasteiger partial charge on any atom is -0.456 e. The number of pyridine rings is 1. The van der Waals surface area contributed by atoms with Crippen molar-refractivity contribution in [2.45, 2.75) is 32.4 Å². The van der Waals surface area contributed by atoms with Crippen LogP contribution in [0.5, 0.6) is 11.5 Å². The molecule has 2 amide bonds. The molecule has 1 atom stereocenters. The molecule has 0 bridgehead atoms. The van der Waals surface area contributed by atoms with E-state index < -0.39 is 11.6 Å². The largest absolute Gasteiger partial charge is 0.456 e. The number of carbonyl (C=O) groups is 2. The molecule has 0 unspecified atom stereocenters. The first-order valence-corrected chi connectivity index (χ1v) is 11.4. The molecule has 2 N–H and O–H groups in total. The minimum atomic E-state index is -0.570. The fourth-order valence-corrected chi connectivity index (χ4v) is 4.05. The number of hydrogen-bond acceptors (Lipinski definition) is 7. The fourth-order valence-electron chi connectivity index (χ4n) is 4.05. The SMILES string of the molecule is C[C@@H](C(=O)Nc1ccc(Oc2ccc(F)cc2)cn1)N1CCN(C(=O)c2c[nH]c(=O)cn2)C(C)(C)C1. The zero-order valence-corrected chi connectivity index (χ0v) is 20.2. The van der Waals surface area contributed by atoms with Crippen LogP contribution in [0, 0.1) is 5.82 Å². The number of carbonyl (C=O) groups excluding carboxylic acids is 2. The summed E-state index contributed by atoms with van der Waals surface area (Å²) in [5.74, 6) is 0.436. The third-order valence-corrected chi connectivity index (χ3v) is 6.03. The topological polar surface area (TPSA) is 121 Å². The second-order valence-corrected chi connectivity index (χ2v) is 9.14. The van der Waals surface area contributed by atoms with Crippen molar-refractivity contribution in [3.8, 4) is 11.5 Å². The van der Waals surface area contributed by atoms with E-state index in [1.54, 1.807) is 24.0 Å². The number of halogens is 1. The molecule has 1 saturated heterocycles. The Morgan fingerprint density at radius 1 is 1.08 bits per heavy atom. The zero-order chi connectivity index (χ0) is 25.9. The number of rotatable bonds is 6. The van der Waals surface area contributed by atoms with Crippen molar-refractivity contribution in [1.82, 2.24) is 24.8 Å². The monoisotopic (exact) mass is 494 g/mol. The second-order valence-electron chi connectivity index (χ2n) is 9.14. The number of piperazine rings is 1. The molecule has 1 aliphatic heterocycles. The summed E-state index contributed by atoms with van der Waals surface area (Å²) in [5, 5.41) is 2.81. The predicted molar refractivity (Wildman–Crippen MR) is 130 cm³/mol. The number of amides is 2. The number of hydrogen-bond donors (Lipinski definition) is 2. The number of nitrogens with zero attached hydrogens (tertiary/aromatic N) is 4. The standard InChI is InChI=1S/C25H27FN6O4/c1-16(23(34)30-21-9-8-19(12-28-21)36-18-6-4-17(26)5-7-18)31-10-11-32(25(2,3)15-31)24(35)20-13-29-22(33)14-27-20/h4-9,12-14,16H,10-11,15H2,1-3H3,(H,29,33)(H,28,30,34)/t16-/m0/s1. The molecule has 4 rings (SSSR count). The first-order valence-electron chi connectivity index (χ1n) is 11.4. The maximum atomic E-state index is 13.0. The normalized spacial score (nSPS) is 16.3. The lowest BCUT2D eigenvalue weighted by Crippen LogP contribution is -2.63. The highest BCUT2D eigenvalue weighted by molar-refractivity contribution is 5.94. The van der Waals surface area contributed by atoms with Gasteiger partial charge < -0.3 is 19.9 Å². The van der Waals surface area contributed by atoms with Crippen molar-refractivity contribution in [2.75, 3.05) is 25.0 Å². The molecule has 1 aliphatic rings. The van der Waals surface area contributed by atoms with Gasteiger partial charge in [0.1, 0.15) is 28.8 Å². The smallest absolute Gasteiger partial charge is 0.274 e. The minimum absolute atomic E-state index is 0.167. The molecular formula is C25H27FN6O4. The van der Waals surface area contributed by atoms with Gasteiger partial charge in [-0.15, -0.1) is 0 Å². The van der Waals surface area contributed by atoms with E-state index in [1.807, 2.05) is 18.7 Å². The summed E-state index contributed by atoms with van der Waals surface area (Å²) in [6, 6.07) is 8.45. The van der Waals surface area contributed by atoms with Gasteiger partial charge in [0, 0.05) is 25.8 Å². The van der Waals surface area contributed by atoms with E-state index in [2.05, 4.69) is 20.3 Å². The van der Waals surface area contributed by atoms with E-state index in [0.717, 1.165) is 6.20 Å². The Kier molecular flexibility index (Phi) is 7.11. The molecule has 3 heterocycles. The Balaban J connectivity index is 1.34. The van der Waals surface area contributed by atoms with Crippen molar-refractivity contribution in [2.24, 2.45) is 0 Å². The van der Waals surface area contributed by atoms with Crippen LogP contribution in [0.15, 0.2) is 59.8 Å². The lowest BCUT2D eigenvalue weighted by Gasteiger charge is -2.48. The average Bonchev–Trinajstić information content (AvgIpc) is 2.85. The first-order chi connectivity index (χ1) is 17.1. The average molecular weight is 495 g/mol. The number of ether oxygens (including phenoxy) is 1. The Morgan fingerprint density at radius 2 is 1.81 bits per heavy atom. The van der Waals surface area contributed by atoms with Crippen molar-refractivity contribution in [3.05, 3.63) is 76.9 Å². The Labute approximate surface area is 207 Å². The van der Waals surface area contributed by atoms with E-state index in [4.69, 9.17) is 4.74 Å². The molecule has 0 saturated carbocycles. The lowest BCUT2D eigenvalue weighted by atomic mass is 9.97. The highest BCUT2D eigenvalue weighted by Gasteiger charge is 2.40. The van der Waals surface area contributed by atoms with Crippen LogP contribution in [0.2, 0.25) is 0 Å². The molecule has 1 fully saturated rings. The van der Waals surface area contributed by atoms with Crippen LogP contribution in [0.1, 0.15) is 31.3 Å². The second kappa shape index (κ2) is 10.2. The van der Waals surface area contributed by atoms with E-state index >= 15 is 0 Å². The highest BCUT2D eigenvalue weighted by Crippen LogP contribution is 2.25. The van der Waals surface area contributed by atoms with Crippen LogP contribution < -0.4 is 15.6 Å². The van der Waals surface area contributed by atoms with Gasteiger partial charge in [-0.3, -0.25) is 19.3 Å². The van der Waals surface area contributed by atoms with E-state index in [0.29, 0.717) is 37.0 Å². The van der Waals surface area contributed by atoms with Gasteiger partial charge in [0.25, 0.3) is 11.5 Å². The summed E-state index contributed by atoms with van der Waals surface area (Å²) in [4.78, 5) is 51.5. The summed E-state index contributed by atoms with van der Waals surface area (Å²) >= 11 is 0. The third-order valence-electron chi connectivity index (χ3n) is 6.03. The zero-order valence-electron chi connectivity index (χ0n) is 20.2. The van der Waals surface area contributed by atoms with Gasteiger partial charge in [-0.25, -0.2) is 14.4 Å². The molecule has 11 heteroatoms. The number of H-pyrrole nitrogens is 1. The van der Waals surface area contributed by atoms with Crippen LogP contribution >= 0.6 is 0 Å². The molecule has 0 radical (unpaired) electrons. The van der Waals surface area contributed by atoms with E-state index in [9.17, 15) is 18.8 Å². The summed E-state index contributed by atoms with van der Waals surface area (Å²) in [5.41, 5.74) is -0.779. The number of anilines is 1. The molecule has 1 aromatic carbocycles. The van der Waals surface area contributed by atoms with Gasteiger partial charge in [-0.05, 0) is 57.2 Å². The van der Waals surface area contributed by atoms with Crippen molar-refractivity contribution in [1.29, 1.82) is 0 Å². The van der Waals surface area contributed by atoms with Crippen LogP contribution in [0.3, 0.4) is 0 Å². The molecule has 10 nitrogen and oxygen atoms in total. The van der Waals surface area contributed by atoms with Crippen LogP contribution in [0.25, 0.3) is 0 Å². The Bertz CT molecular complexity index is 1270. The van der Waals surface area contributed by atoms with Gasteiger partial charge in [-0.2, -0.15) is 0 Å². The molecule has 0 aliphatic carbocycles. The first kappa shape index (κ1) is 25.0. The maximum absolute atomic E-state index is 13.0. The summed E-state index contributed by atoms with van der Waals surface area (Å²) < 4.78 is 18.7. The van der Waals surface area contributed by atoms with E-state index in [1.165, 1.54) is 36.7 Å². The van der Waals surface area contributed by atoms with Gasteiger partial charge in [0.2, 0.25) is 5.91 Å². The van der Waals surface area contributed by atoms with Crippen LogP contribution in [-0.2, 0) is 4.79 Å². The quantitative estimate of drug-likeness (QED) is 0.541. The Hall–Kier alpha value is -4.12. The summed E-state index contributed by atoms with van der Waals surface area (Å²) in [6.45, 7) is 7.01. The molecule has 3 aromatic rings. The highest BCUT2D eigenvalue weighted by atomic mass is 19.1. The van der Waals surface area contributed by atoms with Crippen molar-refractivity contribution < 1.29 is 18.7 Å². The molecular weight excluding hydrogens is 467 g/mol. The molecule has 36 heavy (non-hydrogen) atoms. The maximum Gasteiger partial charge on any atom is 0.274 e. The predicted octanol–water partition coefficient (Wildman–Crippen LogP) is 2.66. The number of benzene rings is 1. The van der Waals surface area contributed by atoms with Crippen LogP contribution in [0.4, 0.5) is 10.2 Å². The number of aromatic nitrogens is 3. The molecule has 0 spiro atoms. The van der Waals surface area contributed by atoms with Crippen molar-refractivity contribution in [3.63, 3.8) is 0 Å². The van der Waals surface area contributed by atoms with Crippen molar-refractivity contribution >= 4 is 17.6 Å². The third kappa shape index (κ3) is 5.74. The summed E-state index contributed by atoms with van der Waals surface area (Å²) in [7, 11) is 0. The number of aromatic amines is 1. The number of nitrogens with one attached hydrogen (secondary N) is 2. The fraction of sp³-hybridized carbons (Fsp3) is 0.320. The van der Waals surface area contributed by atoms with Gasteiger partial charge in [-0.1, -0.05) is 0 Å².